The van der Waals surface area contributed by atoms with Gasteiger partial charge in [0.2, 0.25) is 0 Å². The molecule has 0 bridgehead atoms. The van der Waals surface area contributed by atoms with Gasteiger partial charge in [0.1, 0.15) is 0 Å². The molecule has 2 aromatic rings. The molecule has 10 N–H and O–H groups in total. The molecule has 0 aliphatic heterocycles. The van der Waals surface area contributed by atoms with E-state index in [1.54, 1.807) is 36.4 Å². The van der Waals surface area contributed by atoms with Crippen molar-refractivity contribution in [3.05, 3.63) is 54.1 Å². The molecule has 0 aromatic heterocycles. The monoisotopic (exact) mass is 342 g/mol. The number of hydrogen-bond donors (Lipinski definition) is 1. The third-order valence-corrected chi connectivity index (χ3v) is 2.30. The van der Waals surface area contributed by atoms with Gasteiger partial charge in [-0.15, -0.1) is 0 Å². The van der Waals surface area contributed by atoms with Crippen molar-refractivity contribution in [2.45, 2.75) is 0 Å². The molecule has 117 valence electrons. The molecule has 2 rings (SSSR count). The Morgan fingerprint density at radius 2 is 1.33 bits per heavy atom. The van der Waals surface area contributed by atoms with E-state index in [1.165, 1.54) is 12.1 Å². The smallest absolute Gasteiger partial charge is 0.871 e. The molecule has 0 spiro atoms. The standard InChI is InChI=1S/C13H11NO3.Ni.3H2O/c15-12-8-4-3-7-11(12)14-10-6-2-1-5-9(10)13(16)17;;;;/h1-8,14-15H,(H,16,17);;3*1H2/q;+3;;;/p+1. The average Bonchev–Trinajstić information content (AvgIpc) is 2.32. The zero-order chi connectivity index (χ0) is 12.3. The van der Waals surface area contributed by atoms with Crippen LogP contribution in [0, 0.1) is 0 Å². The maximum atomic E-state index is 11.5. The summed E-state index contributed by atoms with van der Waals surface area (Å²) in [7, 11) is 0. The first-order chi connectivity index (χ1) is 8.18. The van der Waals surface area contributed by atoms with E-state index in [0.29, 0.717) is 11.4 Å². The van der Waals surface area contributed by atoms with Crippen molar-refractivity contribution in [1.82, 2.24) is 0 Å². The zero-order valence-electron chi connectivity index (χ0n) is 10.9. The minimum atomic E-state index is -1.28. The summed E-state index contributed by atoms with van der Waals surface area (Å²) in [6.07, 6.45) is 0. The van der Waals surface area contributed by atoms with Gasteiger partial charge in [0.25, 0.3) is 0 Å². The number of nitrogens with one attached hydrogen (secondary N) is 1. The van der Waals surface area contributed by atoms with E-state index < -0.39 is 5.97 Å². The number of aromatic carboxylic acids is 1. The van der Waals surface area contributed by atoms with Crippen LogP contribution in [0.1, 0.15) is 10.4 Å². The molecule has 8 heteroatoms. The van der Waals surface area contributed by atoms with Gasteiger partial charge >= 0.3 is 16.5 Å². The van der Waals surface area contributed by atoms with Crippen LogP contribution in [-0.2, 0) is 32.9 Å². The van der Waals surface area contributed by atoms with Crippen LogP contribution >= 0.6 is 0 Å². The Morgan fingerprint density at radius 1 is 0.857 bits per heavy atom. The van der Waals surface area contributed by atoms with Gasteiger partial charge in [-0.1, -0.05) is 42.1 Å². The van der Waals surface area contributed by atoms with Gasteiger partial charge in [-0.25, -0.2) is 0 Å². The van der Waals surface area contributed by atoms with E-state index in [2.05, 4.69) is 5.32 Å². The van der Waals surface area contributed by atoms with Gasteiger partial charge in [0.05, 0.1) is 5.97 Å². The number of carbonyl (C=O) groups excluding carboxylic acids is 1. The van der Waals surface area contributed by atoms with Crippen LogP contribution in [0.2, 0.25) is 0 Å². The summed E-state index contributed by atoms with van der Waals surface area (Å²) in [5.74, 6) is -1.47. The average molecular weight is 343 g/mol. The summed E-state index contributed by atoms with van der Waals surface area (Å²) in [5, 5.41) is 25.1. The van der Waals surface area contributed by atoms with Crippen molar-refractivity contribution in [2.24, 2.45) is 0 Å². The Bertz CT molecular complexity index is 564. The summed E-state index contributed by atoms with van der Waals surface area (Å²) in [5.41, 5.74) is 0.702. The Labute approximate surface area is 131 Å². The van der Waals surface area contributed by atoms with Crippen LogP contribution in [0.5, 0.6) is 5.75 Å². The summed E-state index contributed by atoms with van der Waals surface area (Å²) in [4.78, 5) is 10.9. The molecule has 21 heavy (non-hydrogen) atoms. The van der Waals surface area contributed by atoms with Gasteiger partial charge in [0.15, 0.2) is 0 Å². The third-order valence-electron chi connectivity index (χ3n) is 2.30. The van der Waals surface area contributed by atoms with Gasteiger partial charge in [-0.2, -0.15) is 0 Å². The molecule has 0 saturated heterocycles. The maximum Gasteiger partial charge on any atom is 3.00 e. The fraction of sp³-hybridized carbons (Fsp3) is 0. The zero-order valence-corrected chi connectivity index (χ0v) is 11.9. The summed E-state index contributed by atoms with van der Waals surface area (Å²) < 4.78 is 0. The van der Waals surface area contributed by atoms with E-state index in [1.807, 2.05) is 0 Å². The maximum absolute atomic E-state index is 11.5. The molecule has 0 saturated carbocycles. The second kappa shape index (κ2) is 10.6. The number of para-hydroxylation sites is 3. The van der Waals surface area contributed by atoms with Crippen LogP contribution in [0.15, 0.2) is 48.5 Å². The molecular formula is C13H18NNiO6+4. The third kappa shape index (κ3) is 5.80. The minimum absolute atomic E-state index is 0. The SMILES string of the molecule is O=C([O-])c1ccccc1Nc1ccccc1[O-].[Ni+3].[OH3+].[OH3+].[OH3+]. The Hall–Kier alpha value is -2.12. The van der Waals surface area contributed by atoms with E-state index in [4.69, 9.17) is 0 Å². The van der Waals surface area contributed by atoms with E-state index in [0.717, 1.165) is 0 Å². The van der Waals surface area contributed by atoms with Crippen molar-refractivity contribution in [3.63, 3.8) is 0 Å². The van der Waals surface area contributed by atoms with E-state index in [9.17, 15) is 15.0 Å². The van der Waals surface area contributed by atoms with Crippen LogP contribution < -0.4 is 15.5 Å². The van der Waals surface area contributed by atoms with Crippen molar-refractivity contribution < 1.29 is 47.9 Å². The number of benzene rings is 2. The second-order valence-corrected chi connectivity index (χ2v) is 3.45. The molecule has 2 aromatic carbocycles. The van der Waals surface area contributed by atoms with Crippen molar-refractivity contribution in [1.29, 1.82) is 0 Å². The molecule has 0 amide bonds. The van der Waals surface area contributed by atoms with Gasteiger partial charge in [-0.05, 0) is 12.1 Å². The normalized spacial score (nSPS) is 8.00. The largest absolute Gasteiger partial charge is 3.00 e. The summed E-state index contributed by atoms with van der Waals surface area (Å²) >= 11 is 0. The first kappa shape index (κ1) is 23.9. The quantitative estimate of drug-likeness (QED) is 0.506. The molecule has 0 aliphatic rings. The van der Waals surface area contributed by atoms with Crippen molar-refractivity contribution in [3.8, 4) is 5.75 Å². The Kier molecular flexibility index (Phi) is 12.1. The predicted octanol–water partition coefficient (Wildman–Crippen LogP) is -1.90. The number of anilines is 2. The number of carboxylic acid groups (broad SMARTS) is 1. The molecule has 1 radical (unpaired) electrons. The molecular weight excluding hydrogens is 325 g/mol. The molecule has 0 heterocycles. The van der Waals surface area contributed by atoms with Crippen molar-refractivity contribution >= 4 is 17.3 Å². The minimum Gasteiger partial charge on any atom is -0.871 e. The van der Waals surface area contributed by atoms with Crippen LogP contribution in [0.3, 0.4) is 0 Å². The molecule has 0 aliphatic carbocycles. The summed E-state index contributed by atoms with van der Waals surface area (Å²) in [6.45, 7) is 0. The molecule has 7 nitrogen and oxygen atoms in total. The van der Waals surface area contributed by atoms with Crippen LogP contribution in [0.4, 0.5) is 11.4 Å². The molecule has 0 fully saturated rings. The second-order valence-electron chi connectivity index (χ2n) is 3.45. The van der Waals surface area contributed by atoms with Crippen LogP contribution in [0.25, 0.3) is 0 Å². The van der Waals surface area contributed by atoms with E-state index in [-0.39, 0.29) is 44.2 Å². The first-order valence-corrected chi connectivity index (χ1v) is 5.02. The number of hydrogen-bond acceptors (Lipinski definition) is 4. The number of carboxylic acids is 1. The fourth-order valence-electron chi connectivity index (χ4n) is 1.49. The van der Waals surface area contributed by atoms with Crippen LogP contribution in [-0.4, -0.2) is 5.97 Å². The van der Waals surface area contributed by atoms with Crippen molar-refractivity contribution in [2.75, 3.05) is 5.32 Å². The Balaban J connectivity index is -0.000000810. The van der Waals surface area contributed by atoms with Gasteiger partial charge in [-0.3, -0.25) is 0 Å². The topological polar surface area (TPSA) is 174 Å². The summed E-state index contributed by atoms with van der Waals surface area (Å²) in [6, 6.07) is 12.6. The van der Waals surface area contributed by atoms with Gasteiger partial charge < -0.3 is 36.8 Å². The Morgan fingerprint density at radius 3 is 1.86 bits per heavy atom. The van der Waals surface area contributed by atoms with E-state index >= 15 is 0 Å². The van der Waals surface area contributed by atoms with Gasteiger partial charge in [0, 0.05) is 16.9 Å². The molecule has 0 unspecified atom stereocenters. The molecule has 0 atom stereocenters. The fourth-order valence-corrected chi connectivity index (χ4v) is 1.49. The predicted molar refractivity (Wildman–Crippen MR) is 74.6 cm³/mol. The first-order valence-electron chi connectivity index (χ1n) is 5.02. The number of rotatable bonds is 3. The number of carbonyl (C=O) groups is 1.